The topological polar surface area (TPSA) is 72.5 Å². The summed E-state index contributed by atoms with van der Waals surface area (Å²) < 4.78 is 28.9. The summed E-state index contributed by atoms with van der Waals surface area (Å²) in [5.74, 6) is -0.419. The average molecular weight is 544 g/mol. The number of ether oxygens (including phenoxy) is 2. The minimum absolute atomic E-state index is 0.00137. The number of nitriles is 1. The van der Waals surface area contributed by atoms with Crippen LogP contribution in [-0.4, -0.2) is 97.6 Å². The van der Waals surface area contributed by atoms with Crippen molar-refractivity contribution in [2.45, 2.75) is 31.3 Å². The minimum atomic E-state index is -0.419. The lowest BCUT2D eigenvalue weighted by Gasteiger charge is -2.60. The van der Waals surface area contributed by atoms with Gasteiger partial charge >= 0.3 is 0 Å². The summed E-state index contributed by atoms with van der Waals surface area (Å²) in [6, 6.07) is 12.6. The Bertz CT molecular complexity index is 1530. The molecular formula is C30H34FN7O2. The number of pyridine rings is 1. The van der Waals surface area contributed by atoms with Crippen LogP contribution in [0.4, 0.5) is 15.8 Å². The number of anilines is 2. The third kappa shape index (κ3) is 3.68. The fourth-order valence-corrected chi connectivity index (χ4v) is 7.97. The molecule has 0 amide bonds. The SMILES string of the molecule is C[C@@H]1CN(c2ccc(C#N)n3ncc(F)c23)C[C@H](CN2CC3(C2)OCc2cc(N4CC5(CN(C)C5)C4)ccc23)O1. The summed E-state index contributed by atoms with van der Waals surface area (Å²) >= 11 is 0. The molecule has 8 rings (SSSR count). The number of morpholine rings is 1. The van der Waals surface area contributed by atoms with Gasteiger partial charge in [-0.25, -0.2) is 8.91 Å². The largest absolute Gasteiger partial charge is 0.370 e. The van der Waals surface area contributed by atoms with Gasteiger partial charge in [-0.05, 0) is 49.4 Å². The van der Waals surface area contributed by atoms with Crippen molar-refractivity contribution in [3.8, 4) is 6.07 Å². The van der Waals surface area contributed by atoms with Crippen molar-refractivity contribution in [1.29, 1.82) is 5.26 Å². The Morgan fingerprint density at radius 3 is 2.67 bits per heavy atom. The Balaban J connectivity index is 0.931. The van der Waals surface area contributed by atoms with Crippen LogP contribution in [-0.2, 0) is 21.7 Å². The fourth-order valence-electron chi connectivity index (χ4n) is 7.97. The molecule has 5 aliphatic rings. The van der Waals surface area contributed by atoms with E-state index in [1.54, 1.807) is 6.07 Å². The zero-order chi connectivity index (χ0) is 27.2. The first-order chi connectivity index (χ1) is 19.3. The maximum atomic E-state index is 14.7. The molecule has 2 spiro atoms. The molecule has 4 fully saturated rings. The zero-order valence-corrected chi connectivity index (χ0v) is 23.0. The van der Waals surface area contributed by atoms with Gasteiger partial charge in [0.2, 0.25) is 0 Å². The maximum absolute atomic E-state index is 14.7. The Morgan fingerprint density at radius 2 is 1.90 bits per heavy atom. The lowest BCUT2D eigenvalue weighted by atomic mass is 9.73. The number of halogens is 1. The van der Waals surface area contributed by atoms with E-state index < -0.39 is 5.82 Å². The Morgan fingerprint density at radius 1 is 1.07 bits per heavy atom. The Labute approximate surface area is 233 Å². The van der Waals surface area contributed by atoms with Crippen LogP contribution in [0.25, 0.3) is 5.52 Å². The molecule has 9 nitrogen and oxygen atoms in total. The van der Waals surface area contributed by atoms with Crippen molar-refractivity contribution in [3.63, 3.8) is 0 Å². The van der Waals surface area contributed by atoms with Crippen molar-refractivity contribution in [1.82, 2.24) is 19.4 Å². The van der Waals surface area contributed by atoms with Gasteiger partial charge in [-0.3, -0.25) is 4.90 Å². The van der Waals surface area contributed by atoms with E-state index in [2.05, 4.69) is 62.9 Å². The van der Waals surface area contributed by atoms with Crippen LogP contribution in [0.1, 0.15) is 23.7 Å². The second-order valence-corrected chi connectivity index (χ2v) is 12.8. The second-order valence-electron chi connectivity index (χ2n) is 12.8. The van der Waals surface area contributed by atoms with E-state index in [1.165, 1.54) is 40.6 Å². The molecule has 10 heteroatoms. The molecule has 0 saturated carbocycles. The smallest absolute Gasteiger partial charge is 0.171 e. The summed E-state index contributed by atoms with van der Waals surface area (Å²) in [5, 5.41) is 13.5. The summed E-state index contributed by atoms with van der Waals surface area (Å²) in [6.07, 6.45) is 1.16. The molecule has 0 radical (unpaired) electrons. The zero-order valence-electron chi connectivity index (χ0n) is 23.0. The number of benzene rings is 1. The van der Waals surface area contributed by atoms with Gasteiger partial charge in [-0.1, -0.05) is 6.07 Å². The van der Waals surface area contributed by atoms with Crippen molar-refractivity contribution in [3.05, 3.63) is 59.2 Å². The van der Waals surface area contributed by atoms with Gasteiger partial charge in [-0.2, -0.15) is 10.4 Å². The highest BCUT2D eigenvalue weighted by molar-refractivity contribution is 5.74. The lowest BCUT2D eigenvalue weighted by Crippen LogP contribution is -2.71. The number of hydrogen-bond donors (Lipinski definition) is 0. The summed E-state index contributed by atoms with van der Waals surface area (Å²) in [6.45, 7) is 11.3. The lowest BCUT2D eigenvalue weighted by molar-refractivity contribution is -0.155. The van der Waals surface area contributed by atoms with Crippen LogP contribution in [0.2, 0.25) is 0 Å². The van der Waals surface area contributed by atoms with Crippen LogP contribution in [0.3, 0.4) is 0 Å². The van der Waals surface area contributed by atoms with Crippen LogP contribution in [0.15, 0.2) is 36.5 Å². The molecule has 4 saturated heterocycles. The van der Waals surface area contributed by atoms with E-state index in [4.69, 9.17) is 9.47 Å². The van der Waals surface area contributed by atoms with E-state index in [9.17, 15) is 9.65 Å². The normalized spacial score (nSPS) is 26.9. The summed E-state index contributed by atoms with van der Waals surface area (Å²) in [7, 11) is 2.20. The highest BCUT2D eigenvalue weighted by Crippen LogP contribution is 2.47. The standard InChI is InChI=1S/C30H34FN7O2/c1-20-10-36(27-6-4-23(8-32)38-28(27)26(31)9-33-38)12-24(40-20)11-35-18-30(19-35)25-5-3-22(7-21(25)13-39-30)37-16-29(17-37)14-34(2)15-29/h3-7,9,20,24H,10-19H2,1-2H3/t20-,24+/m1/s1. The van der Waals surface area contributed by atoms with Gasteiger partial charge in [0, 0.05) is 70.0 Å². The first kappa shape index (κ1) is 24.6. The molecule has 3 aromatic rings. The van der Waals surface area contributed by atoms with Gasteiger partial charge < -0.3 is 24.2 Å². The number of nitrogens with zero attached hydrogens (tertiary/aromatic N) is 7. The fraction of sp³-hybridized carbons (Fsp3) is 0.533. The van der Waals surface area contributed by atoms with Crippen molar-refractivity contribution in [2.24, 2.45) is 5.41 Å². The number of likely N-dealkylation sites (tertiary alicyclic amines) is 2. The van der Waals surface area contributed by atoms with E-state index >= 15 is 0 Å². The maximum Gasteiger partial charge on any atom is 0.171 e. The van der Waals surface area contributed by atoms with E-state index in [0.717, 1.165) is 38.4 Å². The number of rotatable bonds is 4. The quantitative estimate of drug-likeness (QED) is 0.497. The highest BCUT2D eigenvalue weighted by Gasteiger charge is 2.52. The molecule has 1 aromatic carbocycles. The first-order valence-electron chi connectivity index (χ1n) is 14.2. The molecule has 7 heterocycles. The number of hydrogen-bond acceptors (Lipinski definition) is 8. The van der Waals surface area contributed by atoms with E-state index in [-0.39, 0.29) is 17.8 Å². The monoisotopic (exact) mass is 543 g/mol. The highest BCUT2D eigenvalue weighted by atomic mass is 19.1. The summed E-state index contributed by atoms with van der Waals surface area (Å²) in [4.78, 5) is 9.49. The van der Waals surface area contributed by atoms with Gasteiger partial charge in [0.05, 0.1) is 30.7 Å². The molecule has 0 unspecified atom stereocenters. The molecule has 0 bridgehead atoms. The van der Waals surface area contributed by atoms with E-state index in [1.807, 2.05) is 6.07 Å². The van der Waals surface area contributed by atoms with Crippen LogP contribution in [0, 0.1) is 22.6 Å². The van der Waals surface area contributed by atoms with E-state index in [0.29, 0.717) is 36.3 Å². The third-order valence-electron chi connectivity index (χ3n) is 9.51. The van der Waals surface area contributed by atoms with Crippen molar-refractivity contribution in [2.75, 3.05) is 75.8 Å². The molecular weight excluding hydrogens is 509 g/mol. The predicted molar refractivity (Wildman–Crippen MR) is 148 cm³/mol. The molecule has 5 aliphatic heterocycles. The number of fused-ring (bicyclic) bond motifs is 3. The van der Waals surface area contributed by atoms with Crippen molar-refractivity contribution < 1.29 is 13.9 Å². The second kappa shape index (κ2) is 8.63. The molecule has 0 N–H and O–H groups in total. The molecule has 2 aromatic heterocycles. The molecule has 40 heavy (non-hydrogen) atoms. The van der Waals surface area contributed by atoms with Crippen LogP contribution >= 0.6 is 0 Å². The van der Waals surface area contributed by atoms with Crippen LogP contribution in [0.5, 0.6) is 0 Å². The van der Waals surface area contributed by atoms with Crippen LogP contribution < -0.4 is 9.80 Å². The van der Waals surface area contributed by atoms with Gasteiger partial charge in [-0.15, -0.1) is 0 Å². The molecule has 0 aliphatic carbocycles. The van der Waals surface area contributed by atoms with Gasteiger partial charge in [0.15, 0.2) is 5.82 Å². The number of aromatic nitrogens is 2. The predicted octanol–water partition coefficient (Wildman–Crippen LogP) is 2.43. The van der Waals surface area contributed by atoms with Gasteiger partial charge in [0.1, 0.15) is 22.9 Å². The van der Waals surface area contributed by atoms with Gasteiger partial charge in [0.25, 0.3) is 0 Å². The Hall–Kier alpha value is -3.23. The minimum Gasteiger partial charge on any atom is -0.370 e. The average Bonchev–Trinajstić information content (AvgIpc) is 3.45. The van der Waals surface area contributed by atoms with Crippen molar-refractivity contribution >= 4 is 16.9 Å². The summed E-state index contributed by atoms with van der Waals surface area (Å²) in [5.41, 5.74) is 5.69. The molecule has 208 valence electrons. The third-order valence-corrected chi connectivity index (χ3v) is 9.51. The molecule has 2 atom stereocenters. The Kier molecular flexibility index (Phi) is 5.30. The first-order valence-corrected chi connectivity index (χ1v) is 14.2.